The van der Waals surface area contributed by atoms with Crippen molar-refractivity contribution >= 4 is 66.2 Å². The Morgan fingerprint density at radius 2 is 1.70 bits per heavy atom. The van der Waals surface area contributed by atoms with E-state index in [1.54, 1.807) is 36.4 Å². The van der Waals surface area contributed by atoms with Gasteiger partial charge in [0.2, 0.25) is 5.89 Å². The van der Waals surface area contributed by atoms with Gasteiger partial charge in [0.05, 0.1) is 10.6 Å². The van der Waals surface area contributed by atoms with Gasteiger partial charge in [0.1, 0.15) is 5.52 Å². The van der Waals surface area contributed by atoms with Gasteiger partial charge in [0, 0.05) is 20.2 Å². The normalized spacial score (nSPS) is 10.9. The lowest BCUT2D eigenvalue weighted by atomic mass is 10.2. The predicted molar refractivity (Wildman–Crippen MR) is 114 cm³/mol. The van der Waals surface area contributed by atoms with Crippen LogP contribution in [0.2, 0.25) is 5.02 Å². The molecule has 4 aromatic rings. The van der Waals surface area contributed by atoms with Crippen LogP contribution in [0, 0.1) is 0 Å². The predicted octanol–water partition coefficient (Wildman–Crippen LogP) is 6.93. The van der Waals surface area contributed by atoms with Gasteiger partial charge in [-0.25, -0.2) is 4.98 Å². The van der Waals surface area contributed by atoms with E-state index in [2.05, 4.69) is 42.2 Å². The second kappa shape index (κ2) is 7.46. The highest BCUT2D eigenvalue weighted by Gasteiger charge is 2.13. The second-order valence-corrected chi connectivity index (χ2v) is 8.03. The van der Waals surface area contributed by atoms with Crippen LogP contribution in [0.15, 0.2) is 74.0 Å². The molecule has 0 atom stereocenters. The molecule has 0 aliphatic carbocycles. The van der Waals surface area contributed by atoms with Crippen LogP contribution in [0.5, 0.6) is 0 Å². The molecule has 3 aromatic carbocycles. The maximum Gasteiger partial charge on any atom is 0.257 e. The first kappa shape index (κ1) is 18.2. The topological polar surface area (TPSA) is 55.1 Å². The molecule has 0 unspecified atom stereocenters. The number of aromatic nitrogens is 1. The average Bonchev–Trinajstić information content (AvgIpc) is 3.07. The summed E-state index contributed by atoms with van der Waals surface area (Å²) in [4.78, 5) is 17.0. The summed E-state index contributed by atoms with van der Waals surface area (Å²) in [5.41, 5.74) is 3.18. The Labute approximate surface area is 176 Å². The molecule has 1 N–H and O–H groups in total. The summed E-state index contributed by atoms with van der Waals surface area (Å²) < 4.78 is 7.57. The Morgan fingerprint density at radius 3 is 2.48 bits per heavy atom. The highest BCUT2D eigenvalue weighted by Crippen LogP contribution is 2.28. The molecule has 134 valence electrons. The van der Waals surface area contributed by atoms with Gasteiger partial charge in [0.15, 0.2) is 5.58 Å². The fourth-order valence-corrected chi connectivity index (χ4v) is 3.42. The average molecular weight is 507 g/mol. The monoisotopic (exact) mass is 504 g/mol. The van der Waals surface area contributed by atoms with Gasteiger partial charge in [0.25, 0.3) is 5.91 Å². The highest BCUT2D eigenvalue weighted by molar-refractivity contribution is 9.10. The molecule has 0 aliphatic heterocycles. The molecule has 0 saturated heterocycles. The molecule has 1 amide bonds. The zero-order valence-corrected chi connectivity index (χ0v) is 17.6. The molecular formula is C20H11Br2ClN2O2. The number of benzene rings is 3. The quantitative estimate of drug-likeness (QED) is 0.328. The molecule has 0 aliphatic rings. The number of halogens is 3. The number of anilines is 1. The third-order valence-corrected chi connectivity index (χ3v) is 5.26. The number of hydrogen-bond acceptors (Lipinski definition) is 3. The third-order valence-electron chi connectivity index (χ3n) is 3.91. The number of nitrogens with zero attached hydrogens (tertiary/aromatic N) is 1. The van der Waals surface area contributed by atoms with Gasteiger partial charge in [-0.15, -0.1) is 0 Å². The number of oxazole rings is 1. The molecule has 4 rings (SSSR count). The molecule has 0 fully saturated rings. The first-order valence-electron chi connectivity index (χ1n) is 7.92. The minimum atomic E-state index is -0.294. The van der Waals surface area contributed by atoms with Crippen molar-refractivity contribution in [3.05, 3.63) is 80.2 Å². The SMILES string of the molecule is O=C(Nc1ccc2oc(-c3ccc(Br)cc3)nc2c1)c1cc(Br)ccc1Cl. The standard InChI is InChI=1S/C20H11Br2ClN2O2/c21-12-3-1-11(2-4-12)20-25-17-10-14(6-8-18(17)27-20)24-19(26)15-9-13(22)5-7-16(15)23/h1-10H,(H,24,26). The van der Waals surface area contributed by atoms with E-state index in [9.17, 15) is 4.79 Å². The van der Waals surface area contributed by atoms with Gasteiger partial charge in [-0.3, -0.25) is 4.79 Å². The zero-order chi connectivity index (χ0) is 19.0. The van der Waals surface area contributed by atoms with E-state index in [0.717, 1.165) is 14.5 Å². The second-order valence-electron chi connectivity index (χ2n) is 5.79. The van der Waals surface area contributed by atoms with Crippen molar-refractivity contribution in [2.24, 2.45) is 0 Å². The maximum atomic E-state index is 12.5. The van der Waals surface area contributed by atoms with Crippen LogP contribution < -0.4 is 5.32 Å². The van der Waals surface area contributed by atoms with Crippen LogP contribution in [0.1, 0.15) is 10.4 Å². The highest BCUT2D eigenvalue weighted by atomic mass is 79.9. The van der Waals surface area contributed by atoms with Crippen molar-refractivity contribution in [1.82, 2.24) is 4.98 Å². The van der Waals surface area contributed by atoms with Crippen molar-refractivity contribution in [2.45, 2.75) is 0 Å². The number of carbonyl (C=O) groups excluding carboxylic acids is 1. The number of fused-ring (bicyclic) bond motifs is 1. The van der Waals surface area contributed by atoms with Crippen LogP contribution in [0.3, 0.4) is 0 Å². The van der Waals surface area contributed by atoms with Gasteiger partial charge >= 0.3 is 0 Å². The van der Waals surface area contributed by atoms with Gasteiger partial charge in [-0.1, -0.05) is 43.5 Å². The smallest absolute Gasteiger partial charge is 0.257 e. The maximum absolute atomic E-state index is 12.5. The van der Waals surface area contributed by atoms with E-state index in [4.69, 9.17) is 16.0 Å². The Kier molecular flexibility index (Phi) is 5.04. The first-order valence-corrected chi connectivity index (χ1v) is 9.89. The van der Waals surface area contributed by atoms with Crippen LogP contribution >= 0.6 is 43.5 Å². The van der Waals surface area contributed by atoms with Crippen molar-refractivity contribution in [3.8, 4) is 11.5 Å². The lowest BCUT2D eigenvalue weighted by Gasteiger charge is -2.07. The molecule has 7 heteroatoms. The summed E-state index contributed by atoms with van der Waals surface area (Å²) in [7, 11) is 0. The molecule has 0 radical (unpaired) electrons. The van der Waals surface area contributed by atoms with Crippen molar-refractivity contribution in [2.75, 3.05) is 5.32 Å². The summed E-state index contributed by atoms with van der Waals surface area (Å²) in [6.07, 6.45) is 0. The summed E-state index contributed by atoms with van der Waals surface area (Å²) in [6, 6.07) is 18.2. The Bertz CT molecular complexity index is 1160. The van der Waals surface area contributed by atoms with Crippen LogP contribution in [0.4, 0.5) is 5.69 Å². The molecule has 27 heavy (non-hydrogen) atoms. The van der Waals surface area contributed by atoms with E-state index in [0.29, 0.717) is 33.3 Å². The molecular weight excluding hydrogens is 495 g/mol. The van der Waals surface area contributed by atoms with Crippen molar-refractivity contribution < 1.29 is 9.21 Å². The molecule has 1 aromatic heterocycles. The number of rotatable bonds is 3. The van der Waals surface area contributed by atoms with Crippen molar-refractivity contribution in [3.63, 3.8) is 0 Å². The third kappa shape index (κ3) is 3.93. The molecule has 0 bridgehead atoms. The summed E-state index contributed by atoms with van der Waals surface area (Å²) in [6.45, 7) is 0. The minimum Gasteiger partial charge on any atom is -0.436 e. The van der Waals surface area contributed by atoms with E-state index in [1.165, 1.54) is 0 Å². The summed E-state index contributed by atoms with van der Waals surface area (Å²) in [5, 5.41) is 3.23. The Hall–Kier alpha value is -2.15. The molecule has 0 saturated carbocycles. The van der Waals surface area contributed by atoms with Crippen LogP contribution in [-0.2, 0) is 0 Å². The van der Waals surface area contributed by atoms with E-state index in [-0.39, 0.29) is 5.91 Å². The fraction of sp³-hybridized carbons (Fsp3) is 0. The Morgan fingerprint density at radius 1 is 0.963 bits per heavy atom. The molecule has 4 nitrogen and oxygen atoms in total. The number of carbonyl (C=O) groups is 1. The molecule has 1 heterocycles. The largest absolute Gasteiger partial charge is 0.436 e. The van der Waals surface area contributed by atoms with Gasteiger partial charge < -0.3 is 9.73 Å². The lowest BCUT2D eigenvalue weighted by Crippen LogP contribution is -2.12. The van der Waals surface area contributed by atoms with Gasteiger partial charge in [-0.05, 0) is 60.7 Å². The van der Waals surface area contributed by atoms with Crippen molar-refractivity contribution in [1.29, 1.82) is 0 Å². The van der Waals surface area contributed by atoms with Crippen LogP contribution in [-0.4, -0.2) is 10.9 Å². The zero-order valence-electron chi connectivity index (χ0n) is 13.7. The molecule has 0 spiro atoms. The van der Waals surface area contributed by atoms with E-state index >= 15 is 0 Å². The minimum absolute atomic E-state index is 0.294. The number of amides is 1. The fourth-order valence-electron chi connectivity index (χ4n) is 2.59. The van der Waals surface area contributed by atoms with E-state index < -0.39 is 0 Å². The summed E-state index contributed by atoms with van der Waals surface area (Å²) in [5.74, 6) is 0.230. The Balaban J connectivity index is 1.62. The number of nitrogens with one attached hydrogen (secondary N) is 1. The summed E-state index contributed by atoms with van der Waals surface area (Å²) >= 11 is 12.9. The van der Waals surface area contributed by atoms with Crippen LogP contribution in [0.25, 0.3) is 22.6 Å². The van der Waals surface area contributed by atoms with E-state index in [1.807, 2.05) is 24.3 Å². The number of hydrogen-bond donors (Lipinski definition) is 1. The van der Waals surface area contributed by atoms with Gasteiger partial charge in [-0.2, -0.15) is 0 Å². The first-order chi connectivity index (χ1) is 13.0. The lowest BCUT2D eigenvalue weighted by molar-refractivity contribution is 0.102.